The minimum Gasteiger partial charge on any atom is -0.364 e. The van der Waals surface area contributed by atoms with Crippen LogP contribution < -0.4 is 5.73 Å². The number of pyridine rings is 1. The van der Waals surface area contributed by atoms with Crippen molar-refractivity contribution in [2.45, 2.75) is 6.43 Å². The molecule has 0 fully saturated rings. The summed E-state index contributed by atoms with van der Waals surface area (Å²) in [6.45, 7) is 0. The molecule has 0 spiro atoms. The Morgan fingerprint density at radius 3 is 2.62 bits per heavy atom. The van der Waals surface area contributed by atoms with E-state index in [0.717, 1.165) is 12.3 Å². The molecular formula is C7H5BrF2N2O. The zero-order valence-electron chi connectivity index (χ0n) is 6.30. The molecule has 70 valence electrons. The van der Waals surface area contributed by atoms with Gasteiger partial charge in [-0.05, 0) is 22.0 Å². The van der Waals surface area contributed by atoms with Gasteiger partial charge in [-0.25, -0.2) is 13.8 Å². The molecule has 1 amide bonds. The Hall–Kier alpha value is -1.04. The standard InChI is InChI=1S/C7H5BrF2N2O/c8-4-1-3(6(9)10)2-12-5(4)7(11)13/h1-2,6H,(H2,11,13). The van der Waals surface area contributed by atoms with Crippen molar-refractivity contribution < 1.29 is 13.6 Å². The zero-order chi connectivity index (χ0) is 10.0. The van der Waals surface area contributed by atoms with Gasteiger partial charge in [0.05, 0.1) is 0 Å². The van der Waals surface area contributed by atoms with Gasteiger partial charge in [0.25, 0.3) is 12.3 Å². The van der Waals surface area contributed by atoms with Gasteiger partial charge < -0.3 is 5.73 Å². The van der Waals surface area contributed by atoms with E-state index >= 15 is 0 Å². The van der Waals surface area contributed by atoms with Crippen molar-refractivity contribution in [1.82, 2.24) is 4.98 Å². The fourth-order valence-corrected chi connectivity index (χ4v) is 1.32. The van der Waals surface area contributed by atoms with E-state index in [-0.39, 0.29) is 15.7 Å². The Labute approximate surface area is 81.1 Å². The predicted octanol–water partition coefficient (Wildman–Crippen LogP) is 1.88. The third kappa shape index (κ3) is 2.21. The maximum Gasteiger partial charge on any atom is 0.268 e. The van der Waals surface area contributed by atoms with Crippen LogP contribution in [0, 0.1) is 0 Å². The van der Waals surface area contributed by atoms with E-state index in [1.807, 2.05) is 0 Å². The Balaban J connectivity index is 3.13. The van der Waals surface area contributed by atoms with Crippen LogP contribution in [0.2, 0.25) is 0 Å². The number of nitrogens with two attached hydrogens (primary N) is 1. The van der Waals surface area contributed by atoms with Gasteiger partial charge in [-0.15, -0.1) is 0 Å². The molecule has 0 saturated heterocycles. The summed E-state index contributed by atoms with van der Waals surface area (Å²) in [4.78, 5) is 14.1. The van der Waals surface area contributed by atoms with Gasteiger partial charge in [-0.3, -0.25) is 4.79 Å². The molecule has 0 unspecified atom stereocenters. The minimum absolute atomic E-state index is 0.0515. The minimum atomic E-state index is -2.61. The average molecular weight is 251 g/mol. The molecule has 0 radical (unpaired) electrons. The molecule has 0 aliphatic carbocycles. The second-order valence-corrected chi connectivity index (χ2v) is 3.12. The maximum atomic E-state index is 12.1. The number of amides is 1. The van der Waals surface area contributed by atoms with Crippen LogP contribution in [0.3, 0.4) is 0 Å². The first-order valence-corrected chi connectivity index (χ1v) is 4.05. The van der Waals surface area contributed by atoms with Gasteiger partial charge in [0.15, 0.2) is 0 Å². The molecule has 1 aromatic heterocycles. The topological polar surface area (TPSA) is 56.0 Å². The predicted molar refractivity (Wildman–Crippen MR) is 45.4 cm³/mol. The van der Waals surface area contributed by atoms with Crippen molar-refractivity contribution in [1.29, 1.82) is 0 Å². The molecule has 0 aliphatic rings. The van der Waals surface area contributed by atoms with Crippen LogP contribution >= 0.6 is 15.9 Å². The highest BCUT2D eigenvalue weighted by atomic mass is 79.9. The van der Waals surface area contributed by atoms with Crippen molar-refractivity contribution in [2.75, 3.05) is 0 Å². The third-order valence-electron chi connectivity index (χ3n) is 1.35. The molecular weight excluding hydrogens is 246 g/mol. The highest BCUT2D eigenvalue weighted by Crippen LogP contribution is 2.23. The molecule has 1 rings (SSSR count). The molecule has 0 atom stereocenters. The first-order chi connectivity index (χ1) is 6.02. The summed E-state index contributed by atoms with van der Waals surface area (Å²) in [6, 6.07) is 1.12. The number of hydrogen-bond acceptors (Lipinski definition) is 2. The first kappa shape index (κ1) is 10.0. The van der Waals surface area contributed by atoms with Gasteiger partial charge in [0, 0.05) is 16.2 Å². The van der Waals surface area contributed by atoms with Crippen molar-refractivity contribution in [3.05, 3.63) is 28.0 Å². The van der Waals surface area contributed by atoms with Crippen LogP contribution in [0.4, 0.5) is 8.78 Å². The zero-order valence-corrected chi connectivity index (χ0v) is 7.88. The number of carbonyl (C=O) groups is 1. The van der Waals surface area contributed by atoms with Crippen molar-refractivity contribution in [2.24, 2.45) is 5.73 Å². The Morgan fingerprint density at radius 2 is 2.23 bits per heavy atom. The lowest BCUT2D eigenvalue weighted by Crippen LogP contribution is -2.14. The third-order valence-corrected chi connectivity index (χ3v) is 1.95. The number of hydrogen-bond donors (Lipinski definition) is 1. The molecule has 1 heterocycles. The fraction of sp³-hybridized carbons (Fsp3) is 0.143. The van der Waals surface area contributed by atoms with E-state index in [2.05, 4.69) is 20.9 Å². The summed E-state index contributed by atoms with van der Waals surface area (Å²) < 4.78 is 24.4. The Kier molecular flexibility index (Phi) is 2.92. The smallest absolute Gasteiger partial charge is 0.268 e. The Morgan fingerprint density at radius 1 is 1.62 bits per heavy atom. The molecule has 0 saturated carbocycles. The number of nitrogens with zero attached hydrogens (tertiary/aromatic N) is 1. The molecule has 1 aromatic rings. The molecule has 0 bridgehead atoms. The van der Waals surface area contributed by atoms with E-state index in [9.17, 15) is 13.6 Å². The van der Waals surface area contributed by atoms with Gasteiger partial charge in [0.1, 0.15) is 5.69 Å². The summed E-state index contributed by atoms with van der Waals surface area (Å²) in [5.41, 5.74) is 4.62. The summed E-state index contributed by atoms with van der Waals surface area (Å²) >= 11 is 2.92. The van der Waals surface area contributed by atoms with E-state index < -0.39 is 12.3 Å². The highest BCUT2D eigenvalue weighted by Gasteiger charge is 2.13. The number of rotatable bonds is 2. The summed E-state index contributed by atoms with van der Waals surface area (Å²) in [6.07, 6.45) is -1.68. The summed E-state index contributed by atoms with van der Waals surface area (Å²) in [5.74, 6) is -0.757. The summed E-state index contributed by atoms with van der Waals surface area (Å²) in [5, 5.41) is 0. The van der Waals surface area contributed by atoms with Crippen molar-refractivity contribution in [3.63, 3.8) is 0 Å². The molecule has 6 heteroatoms. The second-order valence-electron chi connectivity index (χ2n) is 2.26. The van der Waals surface area contributed by atoms with Crippen molar-refractivity contribution in [3.8, 4) is 0 Å². The fourth-order valence-electron chi connectivity index (χ4n) is 0.753. The molecule has 3 nitrogen and oxygen atoms in total. The van der Waals surface area contributed by atoms with Crippen molar-refractivity contribution >= 4 is 21.8 Å². The van der Waals surface area contributed by atoms with E-state index in [1.54, 1.807) is 0 Å². The van der Waals surface area contributed by atoms with Gasteiger partial charge in [0.2, 0.25) is 0 Å². The largest absolute Gasteiger partial charge is 0.364 e. The Bertz CT molecular complexity index is 343. The first-order valence-electron chi connectivity index (χ1n) is 3.25. The van der Waals surface area contributed by atoms with Gasteiger partial charge in [-0.1, -0.05) is 0 Å². The molecule has 0 aliphatic heterocycles. The maximum absolute atomic E-state index is 12.1. The monoisotopic (exact) mass is 250 g/mol. The number of halogens is 3. The quantitative estimate of drug-likeness (QED) is 0.872. The van der Waals surface area contributed by atoms with Crippen LogP contribution in [-0.4, -0.2) is 10.9 Å². The lowest BCUT2D eigenvalue weighted by molar-refractivity contribution is 0.0994. The second kappa shape index (κ2) is 3.78. The highest BCUT2D eigenvalue weighted by molar-refractivity contribution is 9.10. The van der Waals surface area contributed by atoms with Crippen LogP contribution in [0.1, 0.15) is 22.5 Å². The van der Waals surface area contributed by atoms with Gasteiger partial charge >= 0.3 is 0 Å². The number of carbonyl (C=O) groups excluding carboxylic acids is 1. The number of aromatic nitrogens is 1. The van der Waals surface area contributed by atoms with Crippen LogP contribution in [-0.2, 0) is 0 Å². The average Bonchev–Trinajstić information content (AvgIpc) is 2.03. The van der Waals surface area contributed by atoms with Crippen LogP contribution in [0.5, 0.6) is 0 Å². The molecule has 2 N–H and O–H groups in total. The SMILES string of the molecule is NC(=O)c1ncc(C(F)F)cc1Br. The lowest BCUT2D eigenvalue weighted by atomic mass is 10.2. The summed E-state index contributed by atoms with van der Waals surface area (Å²) in [7, 11) is 0. The van der Waals surface area contributed by atoms with Crippen LogP contribution in [0.15, 0.2) is 16.7 Å². The van der Waals surface area contributed by atoms with E-state index in [4.69, 9.17) is 5.73 Å². The van der Waals surface area contributed by atoms with Crippen LogP contribution in [0.25, 0.3) is 0 Å². The van der Waals surface area contributed by atoms with E-state index in [1.165, 1.54) is 0 Å². The van der Waals surface area contributed by atoms with Gasteiger partial charge in [-0.2, -0.15) is 0 Å². The lowest BCUT2D eigenvalue weighted by Gasteiger charge is -2.02. The molecule has 0 aromatic carbocycles. The molecule has 13 heavy (non-hydrogen) atoms. The number of primary amides is 1. The number of alkyl halides is 2. The van der Waals surface area contributed by atoms with E-state index in [0.29, 0.717) is 0 Å². The normalized spacial score (nSPS) is 10.5.